The number of nitrogens with zero attached hydrogens (tertiary/aromatic N) is 4. The zero-order valence-electron chi connectivity index (χ0n) is 32.4. The number of benzene rings is 9. The van der Waals surface area contributed by atoms with Crippen molar-refractivity contribution in [2.45, 2.75) is 0 Å². The van der Waals surface area contributed by atoms with Crippen molar-refractivity contribution < 1.29 is 0 Å². The molecule has 1 aromatic heterocycles. The molecule has 0 amide bonds. The average molecular weight is 763 g/mol. The van der Waals surface area contributed by atoms with Crippen LogP contribution in [0.5, 0.6) is 0 Å². The van der Waals surface area contributed by atoms with Crippen molar-refractivity contribution in [2.24, 2.45) is 0 Å². The number of fused-ring (bicyclic) bond motifs is 3. The molecule has 278 valence electrons. The Morgan fingerprint density at radius 1 is 0.283 bits per heavy atom. The molecule has 0 bridgehead atoms. The number of nitriles is 1. The van der Waals surface area contributed by atoms with E-state index in [9.17, 15) is 5.26 Å². The van der Waals surface area contributed by atoms with Crippen LogP contribution in [0.3, 0.4) is 0 Å². The molecule has 0 N–H and O–H groups in total. The molecule has 4 nitrogen and oxygen atoms in total. The maximum Gasteiger partial charge on any atom is 0.164 e. The Hall–Kier alpha value is -8.26. The van der Waals surface area contributed by atoms with Crippen LogP contribution in [0.1, 0.15) is 5.56 Å². The van der Waals surface area contributed by atoms with E-state index in [0.29, 0.717) is 23.0 Å². The summed E-state index contributed by atoms with van der Waals surface area (Å²) in [6.45, 7) is 0. The average Bonchev–Trinajstić information content (AvgIpc) is 3.66. The Labute approximate surface area is 348 Å². The molecule has 11 rings (SSSR count). The van der Waals surface area contributed by atoms with Crippen LogP contribution >= 0.6 is 0 Å². The second kappa shape index (κ2) is 14.6. The SMILES string of the molecule is N#Cc1ccc(-c2ccccc2-c2ccc3c4c(cccc24)-c2ccccc2-3)cc1-c1ccccc1-c1cccc(-c2nc(-c3ccccc3)nc(-c3ccccc3)n2)c1. The van der Waals surface area contributed by atoms with Gasteiger partial charge < -0.3 is 0 Å². The van der Waals surface area contributed by atoms with Gasteiger partial charge in [-0.3, -0.25) is 0 Å². The van der Waals surface area contributed by atoms with Crippen LogP contribution in [0.15, 0.2) is 206 Å². The Balaban J connectivity index is 1.02. The highest BCUT2D eigenvalue weighted by Crippen LogP contribution is 2.50. The fraction of sp³-hybridized carbons (Fsp3) is 0. The molecule has 0 saturated heterocycles. The topological polar surface area (TPSA) is 62.5 Å². The van der Waals surface area contributed by atoms with Crippen LogP contribution < -0.4 is 0 Å². The molecule has 0 saturated carbocycles. The van der Waals surface area contributed by atoms with Crippen LogP contribution in [0.4, 0.5) is 0 Å². The van der Waals surface area contributed by atoms with E-state index in [2.05, 4.69) is 127 Å². The van der Waals surface area contributed by atoms with Crippen molar-refractivity contribution in [3.05, 3.63) is 212 Å². The van der Waals surface area contributed by atoms with Crippen LogP contribution in [0.2, 0.25) is 0 Å². The van der Waals surface area contributed by atoms with Crippen LogP contribution in [0.25, 0.3) is 112 Å². The molecule has 0 spiro atoms. The smallest absolute Gasteiger partial charge is 0.164 e. The quantitative estimate of drug-likeness (QED) is 0.162. The van der Waals surface area contributed by atoms with Crippen molar-refractivity contribution in [3.63, 3.8) is 0 Å². The Morgan fingerprint density at radius 2 is 0.700 bits per heavy atom. The van der Waals surface area contributed by atoms with Crippen molar-refractivity contribution in [1.82, 2.24) is 15.0 Å². The van der Waals surface area contributed by atoms with Crippen LogP contribution in [0, 0.1) is 11.3 Å². The predicted molar refractivity (Wildman–Crippen MR) is 245 cm³/mol. The largest absolute Gasteiger partial charge is 0.208 e. The summed E-state index contributed by atoms with van der Waals surface area (Å²) in [6, 6.07) is 73.9. The van der Waals surface area contributed by atoms with Crippen molar-refractivity contribution in [2.75, 3.05) is 0 Å². The first kappa shape index (κ1) is 34.9. The van der Waals surface area contributed by atoms with Crippen LogP contribution in [-0.2, 0) is 0 Å². The summed E-state index contributed by atoms with van der Waals surface area (Å²) in [5.74, 6) is 1.82. The second-order valence-corrected chi connectivity index (χ2v) is 15.0. The lowest BCUT2D eigenvalue weighted by Crippen LogP contribution is -2.00. The minimum Gasteiger partial charge on any atom is -0.208 e. The fourth-order valence-electron chi connectivity index (χ4n) is 8.78. The third-order valence-corrected chi connectivity index (χ3v) is 11.6. The van der Waals surface area contributed by atoms with Gasteiger partial charge in [0.25, 0.3) is 0 Å². The van der Waals surface area contributed by atoms with Gasteiger partial charge in [0.1, 0.15) is 0 Å². The Kier molecular flexibility index (Phi) is 8.50. The molecule has 4 heteroatoms. The lowest BCUT2D eigenvalue weighted by molar-refractivity contribution is 1.07. The molecule has 9 aromatic carbocycles. The molecule has 1 aliphatic carbocycles. The third-order valence-electron chi connectivity index (χ3n) is 11.6. The Morgan fingerprint density at radius 3 is 1.30 bits per heavy atom. The van der Waals surface area contributed by atoms with Crippen molar-refractivity contribution >= 4 is 10.8 Å². The summed E-state index contributed by atoms with van der Waals surface area (Å²) in [5, 5.41) is 13.1. The van der Waals surface area contributed by atoms with Gasteiger partial charge in [-0.15, -0.1) is 0 Å². The molecule has 1 aliphatic rings. The first-order valence-corrected chi connectivity index (χ1v) is 20.1. The summed E-state index contributed by atoms with van der Waals surface area (Å²) in [6.07, 6.45) is 0. The Bertz CT molecular complexity index is 3240. The zero-order valence-corrected chi connectivity index (χ0v) is 32.4. The zero-order chi connectivity index (χ0) is 40.0. The lowest BCUT2D eigenvalue weighted by Gasteiger charge is -2.17. The second-order valence-electron chi connectivity index (χ2n) is 15.0. The molecular weight excluding hydrogens is 729 g/mol. The van der Waals surface area contributed by atoms with E-state index in [1.54, 1.807) is 0 Å². The highest BCUT2D eigenvalue weighted by Gasteiger charge is 2.23. The van der Waals surface area contributed by atoms with Gasteiger partial charge in [0.05, 0.1) is 11.6 Å². The normalized spacial score (nSPS) is 11.3. The van der Waals surface area contributed by atoms with E-state index >= 15 is 0 Å². The maximum atomic E-state index is 10.5. The van der Waals surface area contributed by atoms with Crippen LogP contribution in [-0.4, -0.2) is 15.0 Å². The standard InChI is InChI=1S/C56H34N4/c57-35-41-30-29-39(43-22-7-9-23-44(43)48-31-32-51-47-26-12-11-25-46(47)49-27-14-28-50(48)53(49)51)34-52(41)45-24-10-8-21-42(45)38-19-13-20-40(33-38)56-59-54(36-15-3-1-4-16-36)58-55(60-56)37-17-5-2-6-18-37/h1-34H. The van der Waals surface area contributed by atoms with Gasteiger partial charge in [-0.2, -0.15) is 5.26 Å². The molecule has 10 aromatic rings. The minimum atomic E-state index is 0.588. The van der Waals surface area contributed by atoms with Crippen molar-refractivity contribution in [3.8, 4) is 107 Å². The molecule has 1 heterocycles. The van der Waals surface area contributed by atoms with E-state index in [4.69, 9.17) is 15.0 Å². The third kappa shape index (κ3) is 5.97. The minimum absolute atomic E-state index is 0.588. The highest BCUT2D eigenvalue weighted by atomic mass is 15.0. The number of aromatic nitrogens is 3. The summed E-state index contributed by atoms with van der Waals surface area (Å²) >= 11 is 0. The maximum absolute atomic E-state index is 10.5. The molecule has 0 aliphatic heterocycles. The number of hydrogen-bond donors (Lipinski definition) is 0. The summed E-state index contributed by atoms with van der Waals surface area (Å²) < 4.78 is 0. The van der Waals surface area contributed by atoms with Gasteiger partial charge in [-0.25, -0.2) is 15.0 Å². The summed E-state index contributed by atoms with van der Waals surface area (Å²) in [7, 11) is 0. The molecule has 0 atom stereocenters. The van der Waals surface area contributed by atoms with E-state index < -0.39 is 0 Å². The highest BCUT2D eigenvalue weighted by molar-refractivity contribution is 6.19. The number of hydrogen-bond acceptors (Lipinski definition) is 4. The van der Waals surface area contributed by atoms with Gasteiger partial charge in [0.2, 0.25) is 0 Å². The van der Waals surface area contributed by atoms with Gasteiger partial charge >= 0.3 is 0 Å². The van der Waals surface area contributed by atoms with Crippen molar-refractivity contribution in [1.29, 1.82) is 5.26 Å². The molecular formula is C56H34N4. The first-order valence-electron chi connectivity index (χ1n) is 20.1. The molecule has 0 fully saturated rings. The van der Waals surface area contributed by atoms with Gasteiger partial charge in [-0.05, 0) is 90.2 Å². The predicted octanol–water partition coefficient (Wildman–Crippen LogP) is 14.2. The van der Waals surface area contributed by atoms with Gasteiger partial charge in [0.15, 0.2) is 17.5 Å². The van der Waals surface area contributed by atoms with E-state index in [1.807, 2.05) is 84.9 Å². The van der Waals surface area contributed by atoms with E-state index in [0.717, 1.165) is 55.6 Å². The van der Waals surface area contributed by atoms with E-state index in [1.165, 1.54) is 38.6 Å². The number of rotatable bonds is 7. The molecule has 60 heavy (non-hydrogen) atoms. The van der Waals surface area contributed by atoms with E-state index in [-0.39, 0.29) is 0 Å². The summed E-state index contributed by atoms with van der Waals surface area (Å²) in [4.78, 5) is 14.9. The molecule has 0 radical (unpaired) electrons. The lowest BCUT2D eigenvalue weighted by atomic mass is 9.86. The summed E-state index contributed by atoms with van der Waals surface area (Å²) in [5.41, 5.74) is 16.8. The monoisotopic (exact) mass is 762 g/mol. The first-order chi connectivity index (χ1) is 29.7. The van der Waals surface area contributed by atoms with Gasteiger partial charge in [-0.1, -0.05) is 188 Å². The molecule has 0 unspecified atom stereocenters. The fourth-order valence-corrected chi connectivity index (χ4v) is 8.78. The van der Waals surface area contributed by atoms with Gasteiger partial charge in [0, 0.05) is 22.3 Å².